The lowest BCUT2D eigenvalue weighted by Gasteiger charge is -2.25. The van der Waals surface area contributed by atoms with Crippen LogP contribution in [-0.4, -0.2) is 5.54 Å². The summed E-state index contributed by atoms with van der Waals surface area (Å²) < 4.78 is 0. The van der Waals surface area contributed by atoms with E-state index in [1.54, 1.807) is 6.07 Å². The maximum Gasteiger partial charge on any atom is 0.123 e. The fourth-order valence-corrected chi connectivity index (χ4v) is 1.57. The van der Waals surface area contributed by atoms with E-state index < -0.39 is 0 Å². The normalized spacial score (nSPS) is 13.3. The highest BCUT2D eigenvalue weighted by Crippen LogP contribution is 2.23. The summed E-state index contributed by atoms with van der Waals surface area (Å²) in [6.07, 6.45) is 0. The van der Waals surface area contributed by atoms with Gasteiger partial charge in [0, 0.05) is 16.1 Å². The molecular formula is C12H15ClN2. The van der Waals surface area contributed by atoms with Crippen molar-refractivity contribution in [1.82, 2.24) is 5.32 Å². The summed E-state index contributed by atoms with van der Waals surface area (Å²) in [4.78, 5) is 0. The Balaban J connectivity index is 2.95. The van der Waals surface area contributed by atoms with Crippen LogP contribution in [0.15, 0.2) is 24.3 Å². The molecule has 0 aliphatic heterocycles. The molecule has 1 rings (SSSR count). The summed E-state index contributed by atoms with van der Waals surface area (Å²) in [6.45, 7) is 6.07. The summed E-state index contributed by atoms with van der Waals surface area (Å²) >= 11 is 6.04. The van der Waals surface area contributed by atoms with Gasteiger partial charge in [0.15, 0.2) is 0 Å². The van der Waals surface area contributed by atoms with Gasteiger partial charge in [-0.05, 0) is 26.8 Å². The van der Waals surface area contributed by atoms with E-state index in [4.69, 9.17) is 16.9 Å². The first-order chi connectivity index (χ1) is 6.94. The lowest BCUT2D eigenvalue weighted by atomic mass is 10.0. The zero-order chi connectivity index (χ0) is 11.5. The van der Waals surface area contributed by atoms with Gasteiger partial charge in [0.25, 0.3) is 0 Å². The molecule has 0 spiro atoms. The number of hydrogen-bond acceptors (Lipinski definition) is 2. The van der Waals surface area contributed by atoms with Gasteiger partial charge in [-0.1, -0.05) is 29.8 Å². The molecule has 1 aromatic rings. The van der Waals surface area contributed by atoms with Gasteiger partial charge >= 0.3 is 0 Å². The van der Waals surface area contributed by atoms with E-state index >= 15 is 0 Å². The van der Waals surface area contributed by atoms with Gasteiger partial charge in [-0.3, -0.25) is 5.32 Å². The van der Waals surface area contributed by atoms with Crippen molar-refractivity contribution in [2.45, 2.75) is 32.4 Å². The number of nitriles is 1. The van der Waals surface area contributed by atoms with Gasteiger partial charge in [-0.15, -0.1) is 0 Å². The van der Waals surface area contributed by atoms with Crippen LogP contribution >= 0.6 is 11.6 Å². The second-order valence-electron chi connectivity index (χ2n) is 4.48. The van der Waals surface area contributed by atoms with Gasteiger partial charge in [0.1, 0.15) is 6.04 Å². The van der Waals surface area contributed by atoms with Gasteiger partial charge in [-0.25, -0.2) is 0 Å². The fourth-order valence-electron chi connectivity index (χ4n) is 1.32. The maximum atomic E-state index is 9.10. The van der Waals surface area contributed by atoms with Crippen molar-refractivity contribution in [3.05, 3.63) is 34.9 Å². The van der Waals surface area contributed by atoms with Crippen LogP contribution in [0.3, 0.4) is 0 Å². The SMILES string of the molecule is CC(C)(C)NC(C#N)c1ccccc1Cl. The van der Waals surface area contributed by atoms with Crippen molar-refractivity contribution >= 4 is 11.6 Å². The first kappa shape index (κ1) is 12.0. The third-order valence-electron chi connectivity index (χ3n) is 1.92. The van der Waals surface area contributed by atoms with Crippen molar-refractivity contribution < 1.29 is 0 Å². The molecule has 1 N–H and O–H groups in total. The van der Waals surface area contributed by atoms with E-state index in [9.17, 15) is 0 Å². The molecule has 1 unspecified atom stereocenters. The van der Waals surface area contributed by atoms with Crippen molar-refractivity contribution in [2.24, 2.45) is 0 Å². The molecule has 2 nitrogen and oxygen atoms in total. The predicted molar refractivity (Wildman–Crippen MR) is 62.7 cm³/mol. The highest BCUT2D eigenvalue weighted by molar-refractivity contribution is 6.31. The number of hydrogen-bond donors (Lipinski definition) is 1. The van der Waals surface area contributed by atoms with Gasteiger partial charge in [0.05, 0.1) is 6.07 Å². The lowest BCUT2D eigenvalue weighted by Crippen LogP contribution is -2.38. The molecule has 0 heterocycles. The molecule has 80 valence electrons. The molecule has 0 amide bonds. The second kappa shape index (κ2) is 4.65. The Kier molecular flexibility index (Phi) is 3.73. The summed E-state index contributed by atoms with van der Waals surface area (Å²) in [7, 11) is 0. The quantitative estimate of drug-likeness (QED) is 0.834. The first-order valence-corrected chi connectivity index (χ1v) is 5.23. The van der Waals surface area contributed by atoms with Crippen LogP contribution in [0.2, 0.25) is 5.02 Å². The Labute approximate surface area is 95.9 Å². The molecule has 15 heavy (non-hydrogen) atoms. The molecule has 0 bridgehead atoms. The molecular weight excluding hydrogens is 208 g/mol. The van der Waals surface area contributed by atoms with Crippen molar-refractivity contribution in [3.8, 4) is 6.07 Å². The number of nitrogens with one attached hydrogen (secondary N) is 1. The van der Waals surface area contributed by atoms with Crippen LogP contribution in [-0.2, 0) is 0 Å². The third-order valence-corrected chi connectivity index (χ3v) is 2.27. The molecule has 3 heteroatoms. The minimum atomic E-state index is -0.362. The molecule has 0 radical (unpaired) electrons. The first-order valence-electron chi connectivity index (χ1n) is 4.86. The Bertz CT molecular complexity index is 374. The smallest absolute Gasteiger partial charge is 0.123 e. The highest BCUT2D eigenvalue weighted by atomic mass is 35.5. The monoisotopic (exact) mass is 222 g/mol. The van der Waals surface area contributed by atoms with Crippen molar-refractivity contribution in [2.75, 3.05) is 0 Å². The molecule has 1 atom stereocenters. The van der Waals surface area contributed by atoms with E-state index in [1.807, 2.05) is 39.0 Å². The van der Waals surface area contributed by atoms with E-state index in [2.05, 4.69) is 11.4 Å². The van der Waals surface area contributed by atoms with Crippen LogP contribution in [0.1, 0.15) is 32.4 Å². The second-order valence-corrected chi connectivity index (χ2v) is 4.89. The summed E-state index contributed by atoms with van der Waals surface area (Å²) in [5, 5.41) is 12.9. The van der Waals surface area contributed by atoms with Gasteiger partial charge < -0.3 is 0 Å². The number of nitrogens with zero attached hydrogens (tertiary/aromatic N) is 1. The molecule has 0 aliphatic rings. The van der Waals surface area contributed by atoms with E-state index in [1.165, 1.54) is 0 Å². The van der Waals surface area contributed by atoms with E-state index in [-0.39, 0.29) is 11.6 Å². The fraction of sp³-hybridized carbons (Fsp3) is 0.417. The van der Waals surface area contributed by atoms with Crippen LogP contribution < -0.4 is 5.32 Å². The zero-order valence-electron chi connectivity index (χ0n) is 9.21. The minimum Gasteiger partial charge on any atom is -0.293 e. The van der Waals surface area contributed by atoms with Crippen LogP contribution in [0, 0.1) is 11.3 Å². The van der Waals surface area contributed by atoms with Crippen molar-refractivity contribution in [3.63, 3.8) is 0 Å². The topological polar surface area (TPSA) is 35.8 Å². The van der Waals surface area contributed by atoms with Crippen molar-refractivity contribution in [1.29, 1.82) is 5.26 Å². The van der Waals surface area contributed by atoms with Crippen LogP contribution in [0.5, 0.6) is 0 Å². The van der Waals surface area contributed by atoms with Crippen LogP contribution in [0.25, 0.3) is 0 Å². The minimum absolute atomic E-state index is 0.112. The molecule has 1 aromatic carbocycles. The standard InChI is InChI=1S/C12H15ClN2/c1-12(2,3)15-11(8-14)9-6-4-5-7-10(9)13/h4-7,11,15H,1-3H3. The van der Waals surface area contributed by atoms with E-state index in [0.717, 1.165) is 5.56 Å². The molecule has 0 saturated carbocycles. The third kappa shape index (κ3) is 3.54. The number of rotatable bonds is 2. The van der Waals surface area contributed by atoms with Crippen LogP contribution in [0.4, 0.5) is 0 Å². The molecule has 0 fully saturated rings. The lowest BCUT2D eigenvalue weighted by molar-refractivity contribution is 0.400. The Morgan fingerprint density at radius 3 is 2.40 bits per heavy atom. The zero-order valence-corrected chi connectivity index (χ0v) is 9.97. The highest BCUT2D eigenvalue weighted by Gasteiger charge is 2.19. The maximum absolute atomic E-state index is 9.10. The summed E-state index contributed by atoms with van der Waals surface area (Å²) in [6, 6.07) is 9.27. The summed E-state index contributed by atoms with van der Waals surface area (Å²) in [5.41, 5.74) is 0.719. The Morgan fingerprint density at radius 2 is 1.93 bits per heavy atom. The Hall–Kier alpha value is -1.04. The number of benzene rings is 1. The molecule has 0 aliphatic carbocycles. The average Bonchev–Trinajstić information content (AvgIpc) is 2.14. The number of halogens is 1. The van der Waals surface area contributed by atoms with E-state index in [0.29, 0.717) is 5.02 Å². The average molecular weight is 223 g/mol. The molecule has 0 saturated heterocycles. The Morgan fingerprint density at radius 1 is 1.33 bits per heavy atom. The largest absolute Gasteiger partial charge is 0.293 e. The summed E-state index contributed by atoms with van der Waals surface area (Å²) in [5.74, 6) is 0. The molecule has 0 aromatic heterocycles. The van der Waals surface area contributed by atoms with Gasteiger partial charge in [-0.2, -0.15) is 5.26 Å². The van der Waals surface area contributed by atoms with Gasteiger partial charge in [0.2, 0.25) is 0 Å². The predicted octanol–water partition coefficient (Wildman–Crippen LogP) is 3.29.